The molecular formula is C13H23N3O. The first-order chi connectivity index (χ1) is 8.16. The molecule has 0 aromatic carbocycles. The van der Waals surface area contributed by atoms with Crippen molar-refractivity contribution in [3.63, 3.8) is 0 Å². The van der Waals surface area contributed by atoms with Crippen LogP contribution in [0.3, 0.4) is 0 Å². The molecule has 0 aliphatic heterocycles. The minimum atomic E-state index is 0.646. The molecule has 4 nitrogen and oxygen atoms in total. The van der Waals surface area contributed by atoms with Gasteiger partial charge in [0.1, 0.15) is 0 Å². The van der Waals surface area contributed by atoms with E-state index in [4.69, 9.17) is 4.52 Å². The second-order valence-corrected chi connectivity index (χ2v) is 5.35. The van der Waals surface area contributed by atoms with Crippen LogP contribution in [0.5, 0.6) is 0 Å². The number of aromatic nitrogens is 2. The Morgan fingerprint density at radius 2 is 2.00 bits per heavy atom. The average molecular weight is 237 g/mol. The van der Waals surface area contributed by atoms with Crippen LogP contribution < -0.4 is 5.32 Å². The van der Waals surface area contributed by atoms with Crippen LogP contribution in [0, 0.1) is 18.8 Å². The Morgan fingerprint density at radius 3 is 2.59 bits per heavy atom. The Kier molecular flexibility index (Phi) is 4.15. The summed E-state index contributed by atoms with van der Waals surface area (Å²) in [5, 5.41) is 7.45. The van der Waals surface area contributed by atoms with E-state index in [-0.39, 0.29) is 0 Å². The summed E-state index contributed by atoms with van der Waals surface area (Å²) in [7, 11) is 0. The molecule has 0 spiro atoms. The van der Waals surface area contributed by atoms with Crippen molar-refractivity contribution >= 4 is 0 Å². The van der Waals surface area contributed by atoms with Gasteiger partial charge in [-0.05, 0) is 31.6 Å². The van der Waals surface area contributed by atoms with Gasteiger partial charge in [-0.2, -0.15) is 4.98 Å². The van der Waals surface area contributed by atoms with Crippen molar-refractivity contribution in [3.8, 4) is 0 Å². The van der Waals surface area contributed by atoms with Crippen LogP contribution in [-0.4, -0.2) is 22.7 Å². The summed E-state index contributed by atoms with van der Waals surface area (Å²) in [6, 6.07) is 0.646. The molecule has 2 atom stereocenters. The first kappa shape index (κ1) is 12.6. The summed E-state index contributed by atoms with van der Waals surface area (Å²) in [4.78, 5) is 4.21. The van der Waals surface area contributed by atoms with Gasteiger partial charge in [0, 0.05) is 19.0 Å². The first-order valence-electron chi connectivity index (χ1n) is 6.69. The van der Waals surface area contributed by atoms with Crippen molar-refractivity contribution in [3.05, 3.63) is 11.7 Å². The molecule has 0 radical (unpaired) electrons. The van der Waals surface area contributed by atoms with Crippen LogP contribution >= 0.6 is 0 Å². The standard InChI is InChI=1S/C13H23N3O/c1-9-5-4-6-10(2)13(9)14-8-7-12-15-11(3)16-17-12/h9-10,13-14H,4-8H2,1-3H3. The highest BCUT2D eigenvalue weighted by Crippen LogP contribution is 2.28. The zero-order valence-electron chi connectivity index (χ0n) is 11.1. The molecule has 17 heavy (non-hydrogen) atoms. The molecule has 2 rings (SSSR count). The van der Waals surface area contributed by atoms with E-state index in [1.165, 1.54) is 19.3 Å². The molecule has 1 heterocycles. The van der Waals surface area contributed by atoms with Crippen LogP contribution in [0.2, 0.25) is 0 Å². The first-order valence-corrected chi connectivity index (χ1v) is 6.69. The molecule has 1 aromatic heterocycles. The molecular weight excluding hydrogens is 214 g/mol. The van der Waals surface area contributed by atoms with Crippen molar-refractivity contribution in [1.29, 1.82) is 0 Å². The largest absolute Gasteiger partial charge is 0.339 e. The molecule has 0 amide bonds. The zero-order valence-corrected chi connectivity index (χ0v) is 11.1. The summed E-state index contributed by atoms with van der Waals surface area (Å²) < 4.78 is 5.11. The SMILES string of the molecule is Cc1noc(CCNC2C(C)CCCC2C)n1. The molecule has 4 heteroatoms. The lowest BCUT2D eigenvalue weighted by atomic mass is 9.79. The summed E-state index contributed by atoms with van der Waals surface area (Å²) in [5.41, 5.74) is 0. The molecule has 1 aliphatic rings. The minimum absolute atomic E-state index is 0.646. The van der Waals surface area contributed by atoms with Gasteiger partial charge in [0.25, 0.3) is 0 Å². The molecule has 1 fully saturated rings. The molecule has 1 aliphatic carbocycles. The Labute approximate surface area is 103 Å². The van der Waals surface area contributed by atoms with Gasteiger partial charge >= 0.3 is 0 Å². The van der Waals surface area contributed by atoms with E-state index in [2.05, 4.69) is 29.3 Å². The summed E-state index contributed by atoms with van der Waals surface area (Å²) in [6.45, 7) is 7.49. The lowest BCUT2D eigenvalue weighted by Crippen LogP contribution is -2.43. The van der Waals surface area contributed by atoms with Crippen molar-refractivity contribution in [2.75, 3.05) is 6.54 Å². The van der Waals surface area contributed by atoms with Gasteiger partial charge in [-0.1, -0.05) is 25.4 Å². The van der Waals surface area contributed by atoms with Gasteiger partial charge < -0.3 is 9.84 Å². The van der Waals surface area contributed by atoms with Gasteiger partial charge in [0.2, 0.25) is 5.89 Å². The second kappa shape index (κ2) is 5.63. The van der Waals surface area contributed by atoms with E-state index in [1.807, 2.05) is 6.92 Å². The topological polar surface area (TPSA) is 51.0 Å². The van der Waals surface area contributed by atoms with Crippen LogP contribution in [0.15, 0.2) is 4.52 Å². The van der Waals surface area contributed by atoms with E-state index < -0.39 is 0 Å². The van der Waals surface area contributed by atoms with Crippen LogP contribution in [0.1, 0.15) is 44.8 Å². The van der Waals surface area contributed by atoms with Crippen molar-refractivity contribution < 1.29 is 4.52 Å². The lowest BCUT2D eigenvalue weighted by molar-refractivity contribution is 0.208. The van der Waals surface area contributed by atoms with Gasteiger partial charge in [-0.15, -0.1) is 0 Å². The van der Waals surface area contributed by atoms with Gasteiger partial charge in [-0.25, -0.2) is 0 Å². The van der Waals surface area contributed by atoms with Crippen molar-refractivity contribution in [2.45, 2.75) is 52.5 Å². The third-order valence-corrected chi connectivity index (χ3v) is 3.83. The van der Waals surface area contributed by atoms with E-state index in [1.54, 1.807) is 0 Å². The third-order valence-electron chi connectivity index (χ3n) is 3.83. The predicted octanol–water partition coefficient (Wildman–Crippen LogP) is 2.33. The fraction of sp³-hybridized carbons (Fsp3) is 0.846. The maximum Gasteiger partial charge on any atom is 0.227 e. The van der Waals surface area contributed by atoms with Crippen LogP contribution in [-0.2, 0) is 6.42 Å². The number of hydrogen-bond donors (Lipinski definition) is 1. The van der Waals surface area contributed by atoms with Gasteiger partial charge in [-0.3, -0.25) is 0 Å². The highest BCUT2D eigenvalue weighted by atomic mass is 16.5. The Balaban J connectivity index is 1.77. The molecule has 1 saturated carbocycles. The molecule has 1 aromatic rings. The maximum atomic E-state index is 5.11. The normalized spacial score (nSPS) is 29.5. The number of nitrogens with zero attached hydrogens (tertiary/aromatic N) is 2. The number of hydrogen-bond acceptors (Lipinski definition) is 4. The highest BCUT2D eigenvalue weighted by Gasteiger charge is 2.26. The monoisotopic (exact) mass is 237 g/mol. The highest BCUT2D eigenvalue weighted by molar-refractivity contribution is 4.86. The quantitative estimate of drug-likeness (QED) is 0.873. The van der Waals surface area contributed by atoms with E-state index in [0.717, 1.165) is 36.5 Å². The summed E-state index contributed by atoms with van der Waals surface area (Å²) in [5.74, 6) is 3.02. The average Bonchev–Trinajstić information content (AvgIpc) is 2.69. The molecule has 1 N–H and O–H groups in total. The summed E-state index contributed by atoms with van der Waals surface area (Å²) >= 11 is 0. The number of aryl methyl sites for hydroxylation is 1. The predicted molar refractivity (Wildman–Crippen MR) is 66.7 cm³/mol. The molecule has 2 unspecified atom stereocenters. The zero-order chi connectivity index (χ0) is 12.3. The van der Waals surface area contributed by atoms with Crippen molar-refractivity contribution in [1.82, 2.24) is 15.5 Å². The molecule has 0 bridgehead atoms. The van der Waals surface area contributed by atoms with Crippen molar-refractivity contribution in [2.24, 2.45) is 11.8 Å². The summed E-state index contributed by atoms with van der Waals surface area (Å²) in [6.07, 6.45) is 4.91. The number of nitrogens with one attached hydrogen (secondary N) is 1. The van der Waals surface area contributed by atoms with Gasteiger partial charge in [0.05, 0.1) is 0 Å². The van der Waals surface area contributed by atoms with Crippen LogP contribution in [0.4, 0.5) is 0 Å². The van der Waals surface area contributed by atoms with Gasteiger partial charge in [0.15, 0.2) is 5.82 Å². The van der Waals surface area contributed by atoms with Crippen LogP contribution in [0.25, 0.3) is 0 Å². The second-order valence-electron chi connectivity index (χ2n) is 5.35. The van der Waals surface area contributed by atoms with E-state index in [9.17, 15) is 0 Å². The minimum Gasteiger partial charge on any atom is -0.339 e. The van der Waals surface area contributed by atoms with E-state index in [0.29, 0.717) is 6.04 Å². The lowest BCUT2D eigenvalue weighted by Gasteiger charge is -2.35. The Bertz CT molecular complexity index is 340. The fourth-order valence-corrected chi connectivity index (χ4v) is 2.87. The van der Waals surface area contributed by atoms with E-state index >= 15 is 0 Å². The Morgan fingerprint density at radius 1 is 1.29 bits per heavy atom. The maximum absolute atomic E-state index is 5.11. The fourth-order valence-electron chi connectivity index (χ4n) is 2.87. The third kappa shape index (κ3) is 3.28. The molecule has 96 valence electrons. The number of rotatable bonds is 4. The Hall–Kier alpha value is -0.900. The smallest absolute Gasteiger partial charge is 0.227 e. The molecule has 0 saturated heterocycles.